The van der Waals surface area contributed by atoms with Crippen molar-refractivity contribution in [1.29, 1.82) is 5.26 Å². The third-order valence-electron chi connectivity index (χ3n) is 4.79. The first-order valence-corrected chi connectivity index (χ1v) is 10.4. The van der Waals surface area contributed by atoms with Gasteiger partial charge in [0.05, 0.1) is 17.5 Å². The highest BCUT2D eigenvalue weighted by Crippen LogP contribution is 2.30. The third kappa shape index (κ3) is 7.17. The molecule has 2 unspecified atom stereocenters. The number of carbonyl (C=O) groups is 1. The molecule has 1 amide bonds. The second-order valence-electron chi connectivity index (χ2n) is 7.71. The molecule has 2 aromatic rings. The van der Waals surface area contributed by atoms with Gasteiger partial charge in [-0.2, -0.15) is 5.26 Å². The molecule has 0 N–H and O–H groups in total. The van der Waals surface area contributed by atoms with Crippen molar-refractivity contribution in [2.45, 2.75) is 45.8 Å². The number of rotatable bonds is 4. The van der Waals surface area contributed by atoms with Gasteiger partial charge < -0.3 is 9.64 Å². The second-order valence-corrected chi connectivity index (χ2v) is 8.63. The van der Waals surface area contributed by atoms with Crippen LogP contribution in [0.4, 0.5) is 9.18 Å². The summed E-state index contributed by atoms with van der Waals surface area (Å²) in [6, 6.07) is 18.1. The number of cyclic esters (lactones) is 1. The Morgan fingerprint density at radius 2 is 1.86 bits per heavy atom. The minimum absolute atomic E-state index is 0.0227. The summed E-state index contributed by atoms with van der Waals surface area (Å²) in [5.74, 6) is -0.178. The summed E-state index contributed by atoms with van der Waals surface area (Å²) in [5, 5.41) is 9.10. The van der Waals surface area contributed by atoms with Gasteiger partial charge in [-0.15, -0.1) is 0 Å². The molecule has 4 nitrogen and oxygen atoms in total. The van der Waals surface area contributed by atoms with Crippen LogP contribution in [0.25, 0.3) is 0 Å². The number of nitriles is 1. The van der Waals surface area contributed by atoms with Crippen LogP contribution in [-0.4, -0.2) is 23.6 Å². The lowest BCUT2D eigenvalue weighted by atomic mass is 9.87. The van der Waals surface area contributed by atoms with Gasteiger partial charge in [-0.1, -0.05) is 46.3 Å². The van der Waals surface area contributed by atoms with E-state index < -0.39 is 5.41 Å². The lowest BCUT2D eigenvalue weighted by molar-refractivity contribution is 0.000795. The van der Waals surface area contributed by atoms with E-state index in [-0.39, 0.29) is 24.1 Å². The van der Waals surface area contributed by atoms with E-state index in [0.29, 0.717) is 13.0 Å². The number of halogens is 2. The fraction of sp³-hybridized carbons (Fsp3) is 0.391. The third-order valence-corrected chi connectivity index (χ3v) is 5.32. The van der Waals surface area contributed by atoms with Crippen molar-refractivity contribution in [2.24, 2.45) is 5.41 Å². The molecule has 0 bridgehead atoms. The normalized spacial score (nSPS) is 17.4. The number of carbonyl (C=O) groups excluding carboxylic acids is 1. The molecule has 0 radical (unpaired) electrons. The van der Waals surface area contributed by atoms with Crippen LogP contribution in [0.15, 0.2) is 59.1 Å². The van der Waals surface area contributed by atoms with Gasteiger partial charge in [0.25, 0.3) is 0 Å². The first kappa shape index (κ1) is 22.9. The fourth-order valence-electron chi connectivity index (χ4n) is 3.09. The van der Waals surface area contributed by atoms with Gasteiger partial charge >= 0.3 is 6.09 Å². The minimum atomic E-state index is -0.468. The molecule has 2 aromatic carbocycles. The molecule has 0 aromatic heterocycles. The first-order valence-electron chi connectivity index (χ1n) is 9.56. The van der Waals surface area contributed by atoms with E-state index >= 15 is 0 Å². The highest BCUT2D eigenvalue weighted by Gasteiger charge is 2.34. The monoisotopic (exact) mass is 460 g/mol. The van der Waals surface area contributed by atoms with Crippen molar-refractivity contribution in [3.8, 4) is 6.07 Å². The van der Waals surface area contributed by atoms with Crippen LogP contribution in [0.3, 0.4) is 0 Å². The lowest BCUT2D eigenvalue weighted by Gasteiger charge is -2.37. The number of benzene rings is 2. The molecular formula is C23H26BrFN2O2. The van der Waals surface area contributed by atoms with E-state index in [1.54, 1.807) is 23.1 Å². The zero-order chi connectivity index (χ0) is 21.4. The van der Waals surface area contributed by atoms with Gasteiger partial charge in [-0.25, -0.2) is 9.18 Å². The Kier molecular flexibility index (Phi) is 8.21. The molecular weight excluding hydrogens is 435 g/mol. The van der Waals surface area contributed by atoms with Crippen LogP contribution < -0.4 is 0 Å². The minimum Gasteiger partial charge on any atom is -0.446 e. The van der Waals surface area contributed by atoms with Crippen LogP contribution in [-0.2, 0) is 4.74 Å². The molecule has 154 valence electrons. The second kappa shape index (κ2) is 10.4. The quantitative estimate of drug-likeness (QED) is 0.523. The van der Waals surface area contributed by atoms with Crippen LogP contribution >= 0.6 is 15.9 Å². The molecule has 2 atom stereocenters. The Hall–Kier alpha value is -2.39. The summed E-state index contributed by atoms with van der Waals surface area (Å²) < 4.78 is 18.5. The topological polar surface area (TPSA) is 53.3 Å². The van der Waals surface area contributed by atoms with Gasteiger partial charge in [0.2, 0.25) is 0 Å². The smallest absolute Gasteiger partial charge is 0.410 e. The zero-order valence-corrected chi connectivity index (χ0v) is 18.5. The summed E-state index contributed by atoms with van der Waals surface area (Å²) >= 11 is 3.41. The van der Waals surface area contributed by atoms with Crippen molar-refractivity contribution in [2.75, 3.05) is 6.54 Å². The van der Waals surface area contributed by atoms with E-state index in [0.717, 1.165) is 16.5 Å². The van der Waals surface area contributed by atoms with E-state index in [9.17, 15) is 9.18 Å². The van der Waals surface area contributed by atoms with Crippen LogP contribution in [0.1, 0.15) is 45.2 Å². The Bertz CT molecular complexity index is 834. The molecule has 3 rings (SSSR count). The van der Waals surface area contributed by atoms with Crippen molar-refractivity contribution >= 4 is 22.0 Å². The molecule has 0 spiro atoms. The summed E-state index contributed by atoms with van der Waals surface area (Å²) in [6.07, 6.45) is 0.879. The van der Waals surface area contributed by atoms with E-state index in [2.05, 4.69) is 22.0 Å². The summed E-state index contributed by atoms with van der Waals surface area (Å²) in [7, 11) is 0. The Balaban J connectivity index is 0.000000360. The van der Waals surface area contributed by atoms with Gasteiger partial charge in [0.15, 0.2) is 0 Å². The summed E-state index contributed by atoms with van der Waals surface area (Å²) in [5.41, 5.74) is 0.612. The average molecular weight is 461 g/mol. The van der Waals surface area contributed by atoms with Crippen LogP contribution in [0.5, 0.6) is 0 Å². The number of amides is 1. The largest absolute Gasteiger partial charge is 0.446 e. The molecule has 1 aliphatic rings. The number of nitrogens with zero attached hydrogens (tertiary/aromatic N) is 2. The summed E-state index contributed by atoms with van der Waals surface area (Å²) in [4.78, 5) is 14.0. The molecule has 29 heavy (non-hydrogen) atoms. The molecule has 1 fully saturated rings. The zero-order valence-electron chi connectivity index (χ0n) is 16.9. The molecule has 1 saturated heterocycles. The van der Waals surface area contributed by atoms with Gasteiger partial charge in [-0.3, -0.25) is 0 Å². The highest BCUT2D eigenvalue weighted by atomic mass is 79.9. The average Bonchev–Trinajstić information content (AvgIpc) is 2.69. The maximum atomic E-state index is 12.3. The molecule has 1 aliphatic heterocycles. The molecule has 1 heterocycles. The van der Waals surface area contributed by atoms with Crippen molar-refractivity contribution in [3.63, 3.8) is 0 Å². The first-order chi connectivity index (χ1) is 13.7. The predicted molar refractivity (Wildman–Crippen MR) is 115 cm³/mol. The van der Waals surface area contributed by atoms with E-state index in [4.69, 9.17) is 10.00 Å². The molecule has 0 aliphatic carbocycles. The summed E-state index contributed by atoms with van der Waals surface area (Å²) in [6.45, 7) is 6.40. The van der Waals surface area contributed by atoms with Crippen LogP contribution in [0, 0.1) is 22.6 Å². The molecule has 0 saturated carbocycles. The number of hydrogen-bond acceptors (Lipinski definition) is 3. The standard InChI is InChI=1S/C17H21BrN2O2.C6H5F/c1-12(13-4-6-14(18)7-5-13)20-9-8-15(22-16(20)21)10-17(2,3)11-19;7-6-4-2-1-3-5-6/h4-7,12,15H,8-10H2,1-3H3;1-5H. The van der Waals surface area contributed by atoms with Gasteiger partial charge in [-0.05, 0) is 50.6 Å². The van der Waals surface area contributed by atoms with Gasteiger partial charge in [0, 0.05) is 23.9 Å². The Morgan fingerprint density at radius 3 is 2.34 bits per heavy atom. The predicted octanol–water partition coefficient (Wildman–Crippen LogP) is 6.49. The molecule has 6 heteroatoms. The number of hydrogen-bond donors (Lipinski definition) is 0. The fourth-order valence-corrected chi connectivity index (χ4v) is 3.35. The Morgan fingerprint density at radius 1 is 1.24 bits per heavy atom. The lowest BCUT2D eigenvalue weighted by Crippen LogP contribution is -2.44. The van der Waals surface area contributed by atoms with Crippen molar-refractivity contribution in [3.05, 3.63) is 70.5 Å². The maximum absolute atomic E-state index is 12.3. The van der Waals surface area contributed by atoms with E-state index in [1.165, 1.54) is 12.1 Å². The highest BCUT2D eigenvalue weighted by molar-refractivity contribution is 9.10. The SMILES string of the molecule is CC(c1ccc(Br)cc1)N1CCC(CC(C)(C)C#N)OC1=O.Fc1ccccc1. The Labute approximate surface area is 180 Å². The van der Waals surface area contributed by atoms with Crippen molar-refractivity contribution in [1.82, 2.24) is 4.90 Å². The number of ether oxygens (including phenoxy) is 1. The van der Waals surface area contributed by atoms with Crippen LogP contribution in [0.2, 0.25) is 0 Å². The maximum Gasteiger partial charge on any atom is 0.410 e. The van der Waals surface area contributed by atoms with E-state index in [1.807, 2.05) is 45.0 Å². The van der Waals surface area contributed by atoms with Gasteiger partial charge in [0.1, 0.15) is 11.9 Å². The van der Waals surface area contributed by atoms with Crippen molar-refractivity contribution < 1.29 is 13.9 Å².